The third-order valence-corrected chi connectivity index (χ3v) is 8.98. The Morgan fingerprint density at radius 3 is 2.76 bits per heavy atom. The summed E-state index contributed by atoms with van der Waals surface area (Å²) in [6.07, 6.45) is 18.7. The van der Waals surface area contributed by atoms with Crippen molar-refractivity contribution in [3.8, 4) is 0 Å². The van der Waals surface area contributed by atoms with Crippen molar-refractivity contribution in [3.05, 3.63) is 47.6 Å². The van der Waals surface area contributed by atoms with Gasteiger partial charge in [0, 0.05) is 24.2 Å². The number of hydrogen-bond acceptors (Lipinski definition) is 1. The van der Waals surface area contributed by atoms with E-state index in [9.17, 15) is 4.79 Å². The van der Waals surface area contributed by atoms with Gasteiger partial charge < -0.3 is 0 Å². The molecule has 0 radical (unpaired) electrons. The Morgan fingerprint density at radius 1 is 1.16 bits per heavy atom. The lowest BCUT2D eigenvalue weighted by atomic mass is 9.50. The summed E-state index contributed by atoms with van der Waals surface area (Å²) in [7, 11) is 0. The van der Waals surface area contributed by atoms with Gasteiger partial charge in [0.1, 0.15) is 5.78 Å². The Morgan fingerprint density at radius 2 is 2.00 bits per heavy atom. The molecule has 5 atom stereocenters. The Labute approximate surface area is 152 Å². The Hall–Kier alpha value is -1.37. The van der Waals surface area contributed by atoms with Crippen molar-refractivity contribution in [3.63, 3.8) is 0 Å². The van der Waals surface area contributed by atoms with Crippen LogP contribution in [-0.4, -0.2) is 5.78 Å². The first-order valence-electron chi connectivity index (χ1n) is 10.2. The number of ketones is 1. The minimum atomic E-state index is 0.211. The SMILES string of the molecule is C=C1C=C2C=CC3C(=CCC4(C)C3CC[C@]43CCC(=O)C3)C2(C)CC1. The second-order valence-corrected chi connectivity index (χ2v) is 9.90. The first-order chi connectivity index (χ1) is 11.9. The van der Waals surface area contributed by atoms with Crippen molar-refractivity contribution < 1.29 is 4.79 Å². The van der Waals surface area contributed by atoms with E-state index in [1.54, 1.807) is 5.57 Å². The fraction of sp³-hybridized carbons (Fsp3) is 0.625. The van der Waals surface area contributed by atoms with Crippen LogP contribution in [0.3, 0.4) is 0 Å². The highest BCUT2D eigenvalue weighted by molar-refractivity contribution is 5.81. The molecule has 0 saturated heterocycles. The highest BCUT2D eigenvalue weighted by Gasteiger charge is 2.62. The van der Waals surface area contributed by atoms with Crippen LogP contribution in [0.2, 0.25) is 0 Å². The summed E-state index contributed by atoms with van der Waals surface area (Å²) >= 11 is 0. The molecular weight excluding hydrogens is 304 g/mol. The molecule has 1 spiro atoms. The largest absolute Gasteiger partial charge is 0.300 e. The second-order valence-electron chi connectivity index (χ2n) is 9.90. The van der Waals surface area contributed by atoms with Crippen LogP contribution >= 0.6 is 0 Å². The standard InChI is InChI=1S/C24H30O/c1-16-6-10-22(2)17(14-16)4-5-19-20(22)8-11-23(3)21(19)9-13-24(23)12-7-18(25)15-24/h4-5,8,14,19,21H,1,6-7,9-13,15H2,2-3H3/t19?,21?,22?,23?,24-/m0/s1. The van der Waals surface area contributed by atoms with E-state index in [1.165, 1.54) is 36.8 Å². The molecule has 1 nitrogen and oxygen atoms in total. The fourth-order valence-electron chi connectivity index (χ4n) is 7.27. The predicted octanol–water partition coefficient (Wildman–Crippen LogP) is 5.94. The van der Waals surface area contributed by atoms with E-state index < -0.39 is 0 Å². The molecule has 132 valence electrons. The van der Waals surface area contributed by atoms with Gasteiger partial charge in [-0.25, -0.2) is 0 Å². The number of Topliss-reactive ketones (excluding diaryl/α,β-unsaturated/α-hetero) is 1. The maximum atomic E-state index is 12.1. The molecule has 0 N–H and O–H groups in total. The maximum absolute atomic E-state index is 12.1. The minimum Gasteiger partial charge on any atom is -0.300 e. The van der Waals surface area contributed by atoms with Gasteiger partial charge in [-0.15, -0.1) is 0 Å². The molecule has 25 heavy (non-hydrogen) atoms. The molecule has 0 aliphatic heterocycles. The van der Waals surface area contributed by atoms with Crippen LogP contribution in [0.15, 0.2) is 47.6 Å². The van der Waals surface area contributed by atoms with E-state index in [1.807, 2.05) is 0 Å². The van der Waals surface area contributed by atoms with Crippen LogP contribution in [0.4, 0.5) is 0 Å². The first-order valence-corrected chi connectivity index (χ1v) is 10.2. The highest BCUT2D eigenvalue weighted by atomic mass is 16.1. The third-order valence-electron chi connectivity index (χ3n) is 8.98. The summed E-state index contributed by atoms with van der Waals surface area (Å²) in [5.41, 5.74) is 5.25. The van der Waals surface area contributed by atoms with Crippen LogP contribution in [0.25, 0.3) is 0 Å². The van der Waals surface area contributed by atoms with Gasteiger partial charge >= 0.3 is 0 Å². The normalized spacial score (nSPS) is 48.1. The lowest BCUT2D eigenvalue weighted by molar-refractivity contribution is -0.118. The fourth-order valence-corrected chi connectivity index (χ4v) is 7.27. The summed E-state index contributed by atoms with van der Waals surface area (Å²) in [5.74, 6) is 1.82. The molecule has 0 aromatic carbocycles. The predicted molar refractivity (Wildman–Crippen MR) is 102 cm³/mol. The van der Waals surface area contributed by atoms with Gasteiger partial charge in [-0.3, -0.25) is 4.79 Å². The zero-order valence-electron chi connectivity index (χ0n) is 15.7. The molecule has 5 aliphatic carbocycles. The molecule has 4 unspecified atom stereocenters. The molecule has 2 fully saturated rings. The molecule has 0 amide bonds. The Balaban J connectivity index is 1.58. The minimum absolute atomic E-state index is 0.211. The monoisotopic (exact) mass is 334 g/mol. The van der Waals surface area contributed by atoms with Crippen molar-refractivity contribution in [2.24, 2.45) is 28.1 Å². The van der Waals surface area contributed by atoms with Gasteiger partial charge in [0.2, 0.25) is 0 Å². The van der Waals surface area contributed by atoms with Crippen molar-refractivity contribution in [1.29, 1.82) is 0 Å². The van der Waals surface area contributed by atoms with E-state index in [0.29, 0.717) is 22.5 Å². The molecule has 5 aliphatic rings. The molecular formula is C24H30O. The maximum Gasteiger partial charge on any atom is 0.133 e. The van der Waals surface area contributed by atoms with Crippen molar-refractivity contribution in [2.75, 3.05) is 0 Å². The smallest absolute Gasteiger partial charge is 0.133 e. The van der Waals surface area contributed by atoms with E-state index >= 15 is 0 Å². The number of carbonyl (C=O) groups is 1. The van der Waals surface area contributed by atoms with Gasteiger partial charge in [0.05, 0.1) is 0 Å². The number of hydrogen-bond donors (Lipinski definition) is 0. The number of carbonyl (C=O) groups excluding carboxylic acids is 1. The van der Waals surface area contributed by atoms with E-state index in [4.69, 9.17) is 0 Å². The van der Waals surface area contributed by atoms with Crippen molar-refractivity contribution in [2.45, 2.75) is 65.2 Å². The van der Waals surface area contributed by atoms with Gasteiger partial charge in [0.15, 0.2) is 0 Å². The summed E-state index contributed by atoms with van der Waals surface area (Å²) in [6.45, 7) is 9.17. The summed E-state index contributed by atoms with van der Waals surface area (Å²) in [4.78, 5) is 12.1. The summed E-state index contributed by atoms with van der Waals surface area (Å²) < 4.78 is 0. The first kappa shape index (κ1) is 15.9. The number of rotatable bonds is 0. The van der Waals surface area contributed by atoms with Crippen LogP contribution in [-0.2, 0) is 4.79 Å². The second kappa shape index (κ2) is 4.87. The molecule has 0 aromatic rings. The van der Waals surface area contributed by atoms with Crippen LogP contribution in [0.1, 0.15) is 65.2 Å². The number of fused-ring (bicyclic) bond motifs is 6. The third kappa shape index (κ3) is 1.88. The molecule has 0 heterocycles. The zero-order chi connectivity index (χ0) is 17.4. The molecule has 2 saturated carbocycles. The quantitative estimate of drug-likeness (QED) is 0.501. The zero-order valence-corrected chi connectivity index (χ0v) is 15.7. The summed E-state index contributed by atoms with van der Waals surface area (Å²) in [5, 5.41) is 0. The molecule has 0 aromatic heterocycles. The van der Waals surface area contributed by atoms with Crippen LogP contribution in [0, 0.1) is 28.1 Å². The van der Waals surface area contributed by atoms with Crippen molar-refractivity contribution >= 4 is 5.78 Å². The van der Waals surface area contributed by atoms with E-state index in [0.717, 1.165) is 31.6 Å². The lowest BCUT2D eigenvalue weighted by Crippen LogP contribution is -2.45. The van der Waals surface area contributed by atoms with Gasteiger partial charge in [-0.05, 0) is 60.8 Å². The Bertz CT molecular complexity index is 765. The lowest BCUT2D eigenvalue weighted by Gasteiger charge is -2.54. The van der Waals surface area contributed by atoms with E-state index in [-0.39, 0.29) is 5.41 Å². The van der Waals surface area contributed by atoms with E-state index in [2.05, 4.69) is 44.7 Å². The van der Waals surface area contributed by atoms with Gasteiger partial charge in [-0.2, -0.15) is 0 Å². The van der Waals surface area contributed by atoms with Crippen LogP contribution < -0.4 is 0 Å². The Kier molecular flexibility index (Phi) is 3.09. The average Bonchev–Trinajstić information content (AvgIpc) is 3.10. The highest BCUT2D eigenvalue weighted by Crippen LogP contribution is 2.70. The van der Waals surface area contributed by atoms with Crippen molar-refractivity contribution in [1.82, 2.24) is 0 Å². The van der Waals surface area contributed by atoms with Gasteiger partial charge in [-0.1, -0.05) is 55.9 Å². The average molecular weight is 335 g/mol. The summed E-state index contributed by atoms with van der Waals surface area (Å²) in [6, 6.07) is 0. The topological polar surface area (TPSA) is 17.1 Å². The number of allylic oxidation sites excluding steroid dienone is 7. The van der Waals surface area contributed by atoms with Crippen LogP contribution in [0.5, 0.6) is 0 Å². The molecule has 1 heteroatoms. The molecule has 5 rings (SSSR count). The van der Waals surface area contributed by atoms with Gasteiger partial charge in [0.25, 0.3) is 0 Å². The molecule has 0 bridgehead atoms.